The highest BCUT2D eigenvalue weighted by molar-refractivity contribution is 5.97. The van der Waals surface area contributed by atoms with Gasteiger partial charge in [-0.3, -0.25) is 14.4 Å². The number of carbonyl (C=O) groups is 3. The van der Waals surface area contributed by atoms with E-state index in [9.17, 15) is 14.4 Å². The van der Waals surface area contributed by atoms with Gasteiger partial charge in [0.15, 0.2) is 0 Å². The molecule has 0 aliphatic rings. The van der Waals surface area contributed by atoms with Crippen LogP contribution >= 0.6 is 0 Å². The van der Waals surface area contributed by atoms with Gasteiger partial charge in [0.2, 0.25) is 5.91 Å². The zero-order valence-corrected chi connectivity index (χ0v) is 19.0. The lowest BCUT2D eigenvalue weighted by Gasteiger charge is -2.22. The van der Waals surface area contributed by atoms with Gasteiger partial charge in [-0.2, -0.15) is 0 Å². The van der Waals surface area contributed by atoms with Gasteiger partial charge in [-0.15, -0.1) is 0 Å². The van der Waals surface area contributed by atoms with Gasteiger partial charge in [0.25, 0.3) is 5.91 Å². The predicted octanol–water partition coefficient (Wildman–Crippen LogP) is 3.87. The molecule has 0 aliphatic carbocycles. The summed E-state index contributed by atoms with van der Waals surface area (Å²) < 4.78 is 0. The van der Waals surface area contributed by atoms with E-state index >= 15 is 0 Å². The first kappa shape index (κ1) is 24.7. The minimum atomic E-state index is -0.860. The summed E-state index contributed by atoms with van der Waals surface area (Å²) in [6.07, 6.45) is 1.49. The average molecular weight is 459 g/mol. The molecular weight excluding hydrogens is 428 g/mol. The number of hydrogen-bond acceptors (Lipinski definition) is 3. The van der Waals surface area contributed by atoms with E-state index in [2.05, 4.69) is 10.6 Å². The third-order valence-corrected chi connectivity index (χ3v) is 5.64. The minimum Gasteiger partial charge on any atom is -0.481 e. The van der Waals surface area contributed by atoms with Crippen LogP contribution in [0, 0.1) is 5.92 Å². The summed E-state index contributed by atoms with van der Waals surface area (Å²) in [4.78, 5) is 37.0. The van der Waals surface area contributed by atoms with E-state index in [0.29, 0.717) is 31.4 Å². The Morgan fingerprint density at radius 2 is 1.26 bits per heavy atom. The molecule has 0 saturated carbocycles. The van der Waals surface area contributed by atoms with Gasteiger partial charge < -0.3 is 15.7 Å². The first-order valence-corrected chi connectivity index (χ1v) is 11.4. The molecule has 0 saturated heterocycles. The van der Waals surface area contributed by atoms with Gasteiger partial charge in [0, 0.05) is 24.9 Å². The molecule has 3 N–H and O–H groups in total. The Hall–Kier alpha value is -3.93. The van der Waals surface area contributed by atoms with Gasteiger partial charge in [0.05, 0.1) is 0 Å². The smallest absolute Gasteiger partial charge is 0.303 e. The van der Waals surface area contributed by atoms with Crippen molar-refractivity contribution < 1.29 is 19.5 Å². The Morgan fingerprint density at radius 3 is 1.82 bits per heavy atom. The molecule has 2 atom stereocenters. The van der Waals surface area contributed by atoms with Gasteiger partial charge in [-0.05, 0) is 42.0 Å². The molecular formula is C28H30N2O4. The first-order valence-electron chi connectivity index (χ1n) is 11.4. The molecule has 0 fully saturated rings. The summed E-state index contributed by atoms with van der Waals surface area (Å²) in [6.45, 7) is 0.327. The van der Waals surface area contributed by atoms with Crippen molar-refractivity contribution in [3.05, 3.63) is 108 Å². The zero-order chi connectivity index (χ0) is 24.2. The van der Waals surface area contributed by atoms with E-state index in [-0.39, 0.29) is 24.2 Å². The van der Waals surface area contributed by atoms with Crippen LogP contribution in [-0.4, -0.2) is 35.5 Å². The van der Waals surface area contributed by atoms with Crippen molar-refractivity contribution in [3.8, 4) is 0 Å². The van der Waals surface area contributed by atoms with Crippen LogP contribution in [0.15, 0.2) is 91.0 Å². The van der Waals surface area contributed by atoms with Crippen molar-refractivity contribution in [2.24, 2.45) is 5.92 Å². The Labute approximate surface area is 200 Å². The monoisotopic (exact) mass is 458 g/mol. The van der Waals surface area contributed by atoms with Crippen molar-refractivity contribution in [2.75, 3.05) is 6.54 Å². The van der Waals surface area contributed by atoms with Crippen LogP contribution in [0.5, 0.6) is 0 Å². The maximum atomic E-state index is 13.2. The number of hydrogen-bond donors (Lipinski definition) is 3. The predicted molar refractivity (Wildman–Crippen MR) is 131 cm³/mol. The second-order valence-corrected chi connectivity index (χ2v) is 8.32. The maximum absolute atomic E-state index is 13.2. The van der Waals surface area contributed by atoms with Crippen LogP contribution in [0.1, 0.15) is 34.3 Å². The van der Waals surface area contributed by atoms with Crippen LogP contribution in [0.3, 0.4) is 0 Å². The number of carboxylic acids is 1. The van der Waals surface area contributed by atoms with Gasteiger partial charge in [0.1, 0.15) is 6.04 Å². The molecule has 0 aliphatic heterocycles. The molecule has 0 heterocycles. The highest BCUT2D eigenvalue weighted by Gasteiger charge is 2.23. The molecule has 6 nitrogen and oxygen atoms in total. The van der Waals surface area contributed by atoms with Crippen molar-refractivity contribution >= 4 is 17.8 Å². The van der Waals surface area contributed by atoms with E-state index in [4.69, 9.17) is 5.11 Å². The van der Waals surface area contributed by atoms with E-state index < -0.39 is 12.0 Å². The molecule has 0 spiro atoms. The average Bonchev–Trinajstić information content (AvgIpc) is 2.86. The molecule has 0 bridgehead atoms. The largest absolute Gasteiger partial charge is 0.481 e. The number of aliphatic carboxylic acids is 1. The van der Waals surface area contributed by atoms with Crippen LogP contribution < -0.4 is 10.6 Å². The molecule has 0 aromatic heterocycles. The normalized spacial score (nSPS) is 12.4. The fourth-order valence-electron chi connectivity index (χ4n) is 3.81. The Bertz CT molecular complexity index is 1060. The summed E-state index contributed by atoms with van der Waals surface area (Å²) in [5.74, 6) is -1.50. The number of carbonyl (C=O) groups excluding carboxylic acids is 2. The van der Waals surface area contributed by atoms with Crippen molar-refractivity contribution in [1.29, 1.82) is 0 Å². The molecule has 34 heavy (non-hydrogen) atoms. The fourth-order valence-corrected chi connectivity index (χ4v) is 3.81. The zero-order valence-electron chi connectivity index (χ0n) is 19.0. The molecule has 3 aromatic carbocycles. The number of benzene rings is 3. The number of nitrogens with one attached hydrogen (secondary N) is 2. The molecule has 176 valence electrons. The lowest BCUT2D eigenvalue weighted by atomic mass is 9.94. The molecule has 2 amide bonds. The number of amides is 2. The van der Waals surface area contributed by atoms with E-state index in [1.54, 1.807) is 24.3 Å². The Kier molecular flexibility index (Phi) is 9.40. The van der Waals surface area contributed by atoms with Crippen LogP contribution in [0.4, 0.5) is 0 Å². The summed E-state index contributed by atoms with van der Waals surface area (Å²) in [5, 5.41) is 14.9. The highest BCUT2D eigenvalue weighted by Crippen LogP contribution is 2.14. The van der Waals surface area contributed by atoms with Crippen LogP contribution in [-0.2, 0) is 22.4 Å². The maximum Gasteiger partial charge on any atom is 0.303 e. The van der Waals surface area contributed by atoms with Crippen molar-refractivity contribution in [2.45, 2.75) is 31.7 Å². The lowest BCUT2D eigenvalue weighted by molar-refractivity contribution is -0.137. The van der Waals surface area contributed by atoms with Gasteiger partial charge in [-0.25, -0.2) is 0 Å². The highest BCUT2D eigenvalue weighted by atomic mass is 16.4. The summed E-state index contributed by atoms with van der Waals surface area (Å²) in [6, 6.07) is 27.4. The standard InChI is InChI=1S/C28H30N2O4/c31-26(32)17-16-23(18-21-10-4-1-5-11-21)20-29-28(34)25(19-22-12-6-2-7-13-22)30-27(33)24-14-8-3-9-15-24/h1-15,23,25H,16-20H2,(H,29,34)(H,30,33)(H,31,32)/t23-,25-/m1/s1. The first-order chi connectivity index (χ1) is 16.5. The fraction of sp³-hybridized carbons (Fsp3) is 0.250. The molecule has 0 radical (unpaired) electrons. The molecule has 0 unspecified atom stereocenters. The van der Waals surface area contributed by atoms with Crippen LogP contribution in [0.2, 0.25) is 0 Å². The lowest BCUT2D eigenvalue weighted by Crippen LogP contribution is -2.49. The number of carboxylic acid groups (broad SMARTS) is 1. The SMILES string of the molecule is O=C(O)CC[C@@H](CNC(=O)[C@@H](Cc1ccccc1)NC(=O)c1ccccc1)Cc1ccccc1. The topological polar surface area (TPSA) is 95.5 Å². The summed E-state index contributed by atoms with van der Waals surface area (Å²) >= 11 is 0. The Balaban J connectivity index is 1.68. The molecule has 6 heteroatoms. The van der Waals surface area contributed by atoms with E-state index in [1.807, 2.05) is 66.7 Å². The quantitative estimate of drug-likeness (QED) is 0.384. The van der Waals surface area contributed by atoms with Gasteiger partial charge >= 0.3 is 5.97 Å². The minimum absolute atomic E-state index is 0.0333. The Morgan fingerprint density at radius 1 is 0.735 bits per heavy atom. The summed E-state index contributed by atoms with van der Waals surface area (Å²) in [5.41, 5.74) is 2.50. The van der Waals surface area contributed by atoms with Crippen LogP contribution in [0.25, 0.3) is 0 Å². The van der Waals surface area contributed by atoms with E-state index in [0.717, 1.165) is 11.1 Å². The van der Waals surface area contributed by atoms with Crippen molar-refractivity contribution in [3.63, 3.8) is 0 Å². The van der Waals surface area contributed by atoms with Crippen molar-refractivity contribution in [1.82, 2.24) is 10.6 Å². The summed E-state index contributed by atoms with van der Waals surface area (Å²) in [7, 11) is 0. The third kappa shape index (κ3) is 8.20. The van der Waals surface area contributed by atoms with E-state index in [1.165, 1.54) is 0 Å². The number of rotatable bonds is 12. The molecule has 3 aromatic rings. The molecule has 3 rings (SSSR count). The second-order valence-electron chi connectivity index (χ2n) is 8.32. The second kappa shape index (κ2) is 12.9. The third-order valence-electron chi connectivity index (χ3n) is 5.64. The van der Waals surface area contributed by atoms with Gasteiger partial charge in [-0.1, -0.05) is 78.9 Å².